The van der Waals surface area contributed by atoms with Crippen LogP contribution < -0.4 is 5.73 Å². The minimum Gasteiger partial charge on any atom is -0.460 e. The number of unbranched alkanes of at least 4 members (excludes halogenated alkanes) is 1. The third-order valence-corrected chi connectivity index (χ3v) is 2.88. The number of rotatable bonds is 8. The van der Waals surface area contributed by atoms with Gasteiger partial charge in [-0.15, -0.1) is 0 Å². The zero-order chi connectivity index (χ0) is 12.6. The van der Waals surface area contributed by atoms with Gasteiger partial charge in [0.2, 0.25) is 0 Å². The van der Waals surface area contributed by atoms with Crippen molar-refractivity contribution in [1.82, 2.24) is 4.90 Å². The van der Waals surface area contributed by atoms with Crippen LogP contribution in [0.5, 0.6) is 0 Å². The van der Waals surface area contributed by atoms with Gasteiger partial charge in [-0.1, -0.05) is 12.7 Å². The van der Waals surface area contributed by atoms with E-state index in [4.69, 9.17) is 10.5 Å². The molecule has 0 aromatic carbocycles. The molecule has 2 N–H and O–H groups in total. The fourth-order valence-electron chi connectivity index (χ4n) is 1.41. The predicted octanol–water partition coefficient (Wildman–Crippen LogP) is 1.16. The van der Waals surface area contributed by atoms with Crippen molar-refractivity contribution in [3.63, 3.8) is 0 Å². The average molecular weight is 228 g/mol. The zero-order valence-corrected chi connectivity index (χ0v) is 10.7. The quantitative estimate of drug-likeness (QED) is 0.385. The van der Waals surface area contributed by atoms with Crippen LogP contribution in [-0.4, -0.2) is 43.7 Å². The van der Waals surface area contributed by atoms with Crippen LogP contribution in [0.1, 0.15) is 26.2 Å². The fourth-order valence-corrected chi connectivity index (χ4v) is 1.41. The molecule has 4 heteroatoms. The minimum absolute atomic E-state index is 0.200. The highest BCUT2D eigenvalue weighted by Gasteiger charge is 2.36. The van der Waals surface area contributed by atoms with Crippen molar-refractivity contribution in [1.29, 1.82) is 0 Å². The molecular weight excluding hydrogens is 204 g/mol. The fraction of sp³-hybridized carbons (Fsp3) is 0.750. The Labute approximate surface area is 98.4 Å². The molecule has 0 rings (SSSR count). The van der Waals surface area contributed by atoms with Gasteiger partial charge in [0.05, 0.1) is 0 Å². The summed E-state index contributed by atoms with van der Waals surface area (Å²) >= 11 is 0. The minimum atomic E-state index is -0.571. The summed E-state index contributed by atoms with van der Waals surface area (Å²) in [5.74, 6) is -0.200. The molecule has 0 aliphatic rings. The van der Waals surface area contributed by atoms with E-state index in [0.29, 0.717) is 6.54 Å². The first kappa shape index (κ1) is 15.1. The average Bonchev–Trinajstić information content (AvgIpc) is 2.25. The molecule has 4 nitrogen and oxygen atoms in total. The van der Waals surface area contributed by atoms with Gasteiger partial charge in [-0.25, -0.2) is 0 Å². The molecule has 0 bridgehead atoms. The van der Waals surface area contributed by atoms with Gasteiger partial charge in [-0.05, 0) is 46.8 Å². The normalized spacial score (nSPS) is 14.6. The molecule has 0 amide bonds. The van der Waals surface area contributed by atoms with E-state index in [-0.39, 0.29) is 12.6 Å². The zero-order valence-electron chi connectivity index (χ0n) is 10.7. The summed E-state index contributed by atoms with van der Waals surface area (Å²) in [6.07, 6.45) is 4.19. The van der Waals surface area contributed by atoms with Crippen LogP contribution in [0, 0.1) is 0 Å². The maximum absolute atomic E-state index is 11.9. The molecule has 0 heterocycles. The second kappa shape index (κ2) is 7.41. The van der Waals surface area contributed by atoms with E-state index in [9.17, 15) is 4.79 Å². The number of carbonyl (C=O) groups is 1. The van der Waals surface area contributed by atoms with Crippen LogP contribution in [0.3, 0.4) is 0 Å². The number of nitrogens with zero attached hydrogens (tertiary/aromatic N) is 1. The Kier molecular flexibility index (Phi) is 7.01. The van der Waals surface area contributed by atoms with Gasteiger partial charge in [0.25, 0.3) is 0 Å². The molecule has 0 aromatic rings. The van der Waals surface area contributed by atoms with Crippen molar-refractivity contribution < 1.29 is 9.53 Å². The van der Waals surface area contributed by atoms with E-state index in [1.165, 1.54) is 0 Å². The third-order valence-electron chi connectivity index (χ3n) is 2.88. The first-order valence-corrected chi connectivity index (χ1v) is 5.64. The Bertz CT molecular complexity index is 229. The van der Waals surface area contributed by atoms with E-state index < -0.39 is 5.54 Å². The monoisotopic (exact) mass is 228 g/mol. The molecule has 0 saturated carbocycles. The molecule has 94 valence electrons. The number of nitrogens with two attached hydrogens (primary N) is 1. The first-order chi connectivity index (χ1) is 7.49. The summed E-state index contributed by atoms with van der Waals surface area (Å²) in [7, 11) is 3.77. The Morgan fingerprint density at radius 2 is 2.12 bits per heavy atom. The lowest BCUT2D eigenvalue weighted by molar-refractivity contribution is -0.155. The van der Waals surface area contributed by atoms with Gasteiger partial charge in [-0.3, -0.25) is 9.69 Å². The number of hydrogen-bond donors (Lipinski definition) is 1. The molecule has 1 atom stereocenters. The summed E-state index contributed by atoms with van der Waals surface area (Å²) in [5, 5.41) is 0. The van der Waals surface area contributed by atoms with Crippen molar-refractivity contribution in [3.05, 3.63) is 12.7 Å². The van der Waals surface area contributed by atoms with Crippen LogP contribution in [0.25, 0.3) is 0 Å². The van der Waals surface area contributed by atoms with Crippen LogP contribution in [0.2, 0.25) is 0 Å². The third kappa shape index (κ3) is 4.33. The SMILES string of the molecule is C=CCOC(=O)[C@](C)(CCCCN)N(C)C. The molecule has 0 unspecified atom stereocenters. The van der Waals surface area contributed by atoms with Crippen LogP contribution in [-0.2, 0) is 9.53 Å². The summed E-state index contributed by atoms with van der Waals surface area (Å²) in [6, 6.07) is 0. The summed E-state index contributed by atoms with van der Waals surface area (Å²) < 4.78 is 5.12. The molecule has 0 aromatic heterocycles. The van der Waals surface area contributed by atoms with Gasteiger partial charge in [0.1, 0.15) is 12.1 Å². The van der Waals surface area contributed by atoms with E-state index in [1.807, 2.05) is 25.9 Å². The van der Waals surface area contributed by atoms with Gasteiger partial charge >= 0.3 is 5.97 Å². The highest BCUT2D eigenvalue weighted by molar-refractivity contribution is 5.80. The summed E-state index contributed by atoms with van der Waals surface area (Å²) in [6.45, 7) is 6.35. The highest BCUT2D eigenvalue weighted by Crippen LogP contribution is 2.21. The van der Waals surface area contributed by atoms with E-state index in [2.05, 4.69) is 6.58 Å². The standard InChI is InChI=1S/C12H24N2O2/c1-5-10-16-11(15)12(2,14(3)4)8-6-7-9-13/h5H,1,6-10,13H2,2-4H3/t12-/m0/s1. The van der Waals surface area contributed by atoms with Crippen LogP contribution in [0.15, 0.2) is 12.7 Å². The van der Waals surface area contributed by atoms with Gasteiger partial charge in [0, 0.05) is 0 Å². The van der Waals surface area contributed by atoms with Crippen molar-refractivity contribution in [2.45, 2.75) is 31.7 Å². The van der Waals surface area contributed by atoms with Crippen molar-refractivity contribution in [3.8, 4) is 0 Å². The van der Waals surface area contributed by atoms with Gasteiger partial charge < -0.3 is 10.5 Å². The molecule has 16 heavy (non-hydrogen) atoms. The van der Waals surface area contributed by atoms with Crippen LogP contribution >= 0.6 is 0 Å². The van der Waals surface area contributed by atoms with Crippen LogP contribution in [0.4, 0.5) is 0 Å². The Morgan fingerprint density at radius 1 is 1.50 bits per heavy atom. The summed E-state index contributed by atoms with van der Waals surface area (Å²) in [4.78, 5) is 13.8. The second-order valence-electron chi connectivity index (χ2n) is 4.30. The number of likely N-dealkylation sites (N-methyl/N-ethyl adjacent to an activating group) is 1. The first-order valence-electron chi connectivity index (χ1n) is 5.64. The van der Waals surface area contributed by atoms with Crippen molar-refractivity contribution >= 4 is 5.97 Å². The maximum Gasteiger partial charge on any atom is 0.326 e. The molecule has 0 radical (unpaired) electrons. The number of hydrogen-bond acceptors (Lipinski definition) is 4. The van der Waals surface area contributed by atoms with Crippen molar-refractivity contribution in [2.75, 3.05) is 27.2 Å². The second-order valence-corrected chi connectivity index (χ2v) is 4.30. The van der Waals surface area contributed by atoms with E-state index >= 15 is 0 Å². The molecule has 0 spiro atoms. The smallest absolute Gasteiger partial charge is 0.326 e. The lowest BCUT2D eigenvalue weighted by atomic mass is 9.93. The molecule has 0 aliphatic heterocycles. The Morgan fingerprint density at radius 3 is 2.56 bits per heavy atom. The summed E-state index contributed by atoms with van der Waals surface area (Å²) in [5.41, 5.74) is 4.88. The molecule has 0 aliphatic carbocycles. The lowest BCUT2D eigenvalue weighted by Gasteiger charge is -2.33. The number of esters is 1. The number of carbonyl (C=O) groups excluding carboxylic acids is 1. The predicted molar refractivity (Wildman–Crippen MR) is 66.2 cm³/mol. The van der Waals surface area contributed by atoms with Gasteiger partial charge in [0.15, 0.2) is 0 Å². The number of ether oxygens (including phenoxy) is 1. The Hall–Kier alpha value is -0.870. The highest BCUT2D eigenvalue weighted by atomic mass is 16.5. The van der Waals surface area contributed by atoms with Crippen molar-refractivity contribution in [2.24, 2.45) is 5.73 Å². The van der Waals surface area contributed by atoms with Gasteiger partial charge in [-0.2, -0.15) is 0 Å². The topological polar surface area (TPSA) is 55.6 Å². The largest absolute Gasteiger partial charge is 0.460 e. The lowest BCUT2D eigenvalue weighted by Crippen LogP contribution is -2.49. The molecule has 0 fully saturated rings. The molecule has 0 saturated heterocycles. The van der Waals surface area contributed by atoms with E-state index in [1.54, 1.807) is 6.08 Å². The molecular formula is C12H24N2O2. The Balaban J connectivity index is 4.41. The van der Waals surface area contributed by atoms with E-state index in [0.717, 1.165) is 19.3 Å². The maximum atomic E-state index is 11.9.